The Morgan fingerprint density at radius 2 is 1.80 bits per heavy atom. The van der Waals surface area contributed by atoms with Gasteiger partial charge in [0.25, 0.3) is 0 Å². The molecule has 82 valence electrons. The molecule has 0 spiro atoms. The predicted octanol–water partition coefficient (Wildman–Crippen LogP) is 0.648. The van der Waals surface area contributed by atoms with Crippen molar-refractivity contribution < 1.29 is 33.6 Å². The predicted molar refractivity (Wildman–Crippen MR) is 45.7 cm³/mol. The number of rotatable bonds is 4. The minimum Gasteiger partial charge on any atom is -0.494 e. The van der Waals surface area contributed by atoms with Gasteiger partial charge < -0.3 is 4.74 Å². The fourth-order valence-corrected chi connectivity index (χ4v) is 1.07. The van der Waals surface area contributed by atoms with E-state index >= 15 is 0 Å². The van der Waals surface area contributed by atoms with Crippen LogP contribution in [0.2, 0.25) is 0 Å². The minimum atomic E-state index is -1.67. The summed E-state index contributed by atoms with van der Waals surface area (Å²) >= 11 is 0. The molecule has 0 saturated heterocycles. The van der Waals surface area contributed by atoms with Gasteiger partial charge in [-0.05, 0) is 6.07 Å². The van der Waals surface area contributed by atoms with Gasteiger partial charge in [-0.3, -0.25) is 20.1 Å². The molecule has 0 aromatic heterocycles. The standard InChI is InChI=1S/C7H7BF2O5/c1-13-7-4(8(14-11)15-12)2-3-5(9)6(7)10/h2-3,11-12H,1H3. The van der Waals surface area contributed by atoms with E-state index in [0.29, 0.717) is 0 Å². The van der Waals surface area contributed by atoms with E-state index < -0.39 is 24.5 Å². The number of hydrogen-bond acceptors (Lipinski definition) is 5. The van der Waals surface area contributed by atoms with Crippen molar-refractivity contribution in [3.63, 3.8) is 0 Å². The first-order chi connectivity index (χ1) is 7.15. The number of halogens is 2. The van der Waals surface area contributed by atoms with E-state index in [-0.39, 0.29) is 5.46 Å². The average molecular weight is 220 g/mol. The first kappa shape index (κ1) is 11.9. The van der Waals surface area contributed by atoms with Crippen molar-refractivity contribution in [2.75, 3.05) is 7.11 Å². The summed E-state index contributed by atoms with van der Waals surface area (Å²) in [6.45, 7) is 0. The monoisotopic (exact) mass is 220 g/mol. The van der Waals surface area contributed by atoms with Crippen LogP contribution in [0.5, 0.6) is 5.75 Å². The summed E-state index contributed by atoms with van der Waals surface area (Å²) in [6.07, 6.45) is 0. The maximum atomic E-state index is 13.1. The molecule has 5 nitrogen and oxygen atoms in total. The van der Waals surface area contributed by atoms with E-state index in [1.165, 1.54) is 0 Å². The van der Waals surface area contributed by atoms with Crippen molar-refractivity contribution in [3.8, 4) is 5.75 Å². The summed E-state index contributed by atoms with van der Waals surface area (Å²) in [4.78, 5) is 7.36. The van der Waals surface area contributed by atoms with Gasteiger partial charge in [0.2, 0.25) is 0 Å². The molecular weight excluding hydrogens is 213 g/mol. The summed E-state index contributed by atoms with van der Waals surface area (Å²) < 4.78 is 30.4. The number of ether oxygens (including phenoxy) is 1. The molecule has 1 rings (SSSR count). The Labute approximate surface area is 83.8 Å². The lowest BCUT2D eigenvalue weighted by atomic mass is 9.79. The first-order valence-electron chi connectivity index (χ1n) is 3.78. The molecule has 8 heteroatoms. The van der Waals surface area contributed by atoms with Crippen LogP contribution < -0.4 is 10.2 Å². The molecule has 1 aromatic rings. The molecule has 0 aliphatic carbocycles. The molecule has 0 fully saturated rings. The van der Waals surface area contributed by atoms with Gasteiger partial charge >= 0.3 is 7.12 Å². The van der Waals surface area contributed by atoms with Gasteiger partial charge in [-0.15, -0.1) is 0 Å². The van der Waals surface area contributed by atoms with Gasteiger partial charge in [0.05, 0.1) is 7.11 Å². The van der Waals surface area contributed by atoms with Crippen molar-refractivity contribution in [3.05, 3.63) is 23.8 Å². The molecule has 2 N–H and O–H groups in total. The van der Waals surface area contributed by atoms with Gasteiger partial charge in [-0.1, -0.05) is 6.07 Å². The molecule has 1 aromatic carbocycles. The normalized spacial score (nSPS) is 10.2. The molecule has 0 radical (unpaired) electrons. The Morgan fingerprint density at radius 3 is 2.27 bits per heavy atom. The van der Waals surface area contributed by atoms with Crippen LogP contribution in [0.4, 0.5) is 8.78 Å². The summed E-state index contributed by atoms with van der Waals surface area (Å²) in [6, 6.07) is 1.81. The third-order valence-electron chi connectivity index (χ3n) is 1.73. The molecule has 0 bridgehead atoms. The molecule has 0 aliphatic rings. The van der Waals surface area contributed by atoms with Crippen molar-refractivity contribution in [1.82, 2.24) is 0 Å². The molecule has 0 aliphatic heterocycles. The number of methoxy groups -OCH3 is 1. The Morgan fingerprint density at radius 1 is 1.20 bits per heavy atom. The van der Waals surface area contributed by atoms with E-state index in [1.54, 1.807) is 0 Å². The average Bonchev–Trinajstić information content (AvgIpc) is 2.25. The van der Waals surface area contributed by atoms with Crippen LogP contribution in [0.1, 0.15) is 0 Å². The third kappa shape index (κ3) is 2.24. The summed E-state index contributed by atoms with van der Waals surface area (Å²) in [5.41, 5.74) is -0.193. The Bertz CT molecular complexity index is 344. The fourth-order valence-electron chi connectivity index (χ4n) is 1.07. The first-order valence-corrected chi connectivity index (χ1v) is 3.78. The van der Waals surface area contributed by atoms with Crippen LogP contribution in [-0.2, 0) is 9.61 Å². The van der Waals surface area contributed by atoms with Crippen LogP contribution in [0, 0.1) is 11.6 Å². The van der Waals surface area contributed by atoms with E-state index in [4.69, 9.17) is 10.5 Å². The second-order valence-corrected chi connectivity index (χ2v) is 2.53. The maximum absolute atomic E-state index is 13.1. The summed E-state index contributed by atoms with van der Waals surface area (Å²) in [5.74, 6) is -2.93. The van der Waals surface area contributed by atoms with Crippen molar-refractivity contribution >= 4 is 12.6 Å². The van der Waals surface area contributed by atoms with Gasteiger partial charge in [0, 0.05) is 5.46 Å². The molecular formula is C7H7BF2O5. The topological polar surface area (TPSA) is 68.2 Å². The van der Waals surface area contributed by atoms with Crippen LogP contribution in [-0.4, -0.2) is 24.7 Å². The van der Waals surface area contributed by atoms with Crippen molar-refractivity contribution in [2.45, 2.75) is 0 Å². The van der Waals surface area contributed by atoms with Gasteiger partial charge in [-0.2, -0.15) is 4.39 Å². The molecule has 15 heavy (non-hydrogen) atoms. The molecule has 0 saturated carbocycles. The highest BCUT2D eigenvalue weighted by molar-refractivity contribution is 6.61. The SMILES string of the molecule is COc1c(B(OO)OO)ccc(F)c1F. The van der Waals surface area contributed by atoms with Gasteiger partial charge in [-0.25, -0.2) is 4.39 Å². The van der Waals surface area contributed by atoms with E-state index in [9.17, 15) is 8.78 Å². The highest BCUT2D eigenvalue weighted by atomic mass is 19.2. The lowest BCUT2D eigenvalue weighted by Gasteiger charge is -2.11. The van der Waals surface area contributed by atoms with E-state index in [0.717, 1.165) is 19.2 Å². The molecule has 0 atom stereocenters. The number of hydrogen-bond donors (Lipinski definition) is 2. The van der Waals surface area contributed by atoms with Crippen molar-refractivity contribution in [2.24, 2.45) is 0 Å². The van der Waals surface area contributed by atoms with Crippen LogP contribution in [0.25, 0.3) is 0 Å². The smallest absolute Gasteiger partial charge is 0.494 e. The quantitative estimate of drug-likeness (QED) is 0.442. The molecule has 0 heterocycles. The van der Waals surface area contributed by atoms with E-state index in [2.05, 4.69) is 14.3 Å². The van der Waals surface area contributed by atoms with Crippen LogP contribution in [0.3, 0.4) is 0 Å². The fraction of sp³-hybridized carbons (Fsp3) is 0.143. The third-order valence-corrected chi connectivity index (χ3v) is 1.73. The van der Waals surface area contributed by atoms with E-state index in [1.807, 2.05) is 0 Å². The maximum Gasteiger partial charge on any atom is 0.557 e. The zero-order chi connectivity index (χ0) is 11.4. The summed E-state index contributed by atoms with van der Waals surface area (Å²) in [5, 5.41) is 16.6. The second-order valence-electron chi connectivity index (χ2n) is 2.53. The van der Waals surface area contributed by atoms with Crippen molar-refractivity contribution in [1.29, 1.82) is 0 Å². The van der Waals surface area contributed by atoms with Gasteiger partial charge in [0.1, 0.15) is 0 Å². The minimum absolute atomic E-state index is 0.193. The lowest BCUT2D eigenvalue weighted by Crippen LogP contribution is -2.36. The molecule has 0 unspecified atom stereocenters. The zero-order valence-electron chi connectivity index (χ0n) is 7.61. The molecule has 0 amide bonds. The van der Waals surface area contributed by atoms with Crippen LogP contribution >= 0.6 is 0 Å². The van der Waals surface area contributed by atoms with Gasteiger partial charge in [0.15, 0.2) is 17.4 Å². The highest BCUT2D eigenvalue weighted by Crippen LogP contribution is 2.17. The Kier molecular flexibility index (Phi) is 3.98. The second kappa shape index (κ2) is 5.03. The largest absolute Gasteiger partial charge is 0.557 e. The number of benzene rings is 1. The lowest BCUT2D eigenvalue weighted by molar-refractivity contribution is -0.221. The zero-order valence-corrected chi connectivity index (χ0v) is 7.61. The Hall–Kier alpha value is -1.22. The van der Waals surface area contributed by atoms with Crippen LogP contribution in [0.15, 0.2) is 12.1 Å². The highest BCUT2D eigenvalue weighted by Gasteiger charge is 2.29. The Balaban J connectivity index is 3.23. The summed E-state index contributed by atoms with van der Waals surface area (Å²) in [7, 11) is -0.581.